The highest BCUT2D eigenvalue weighted by Gasteiger charge is 2.18. The molecule has 0 aliphatic heterocycles. The smallest absolute Gasteiger partial charge is 0.143 e. The zero-order valence-corrected chi connectivity index (χ0v) is 30.6. The molecule has 0 atom stereocenters. The molecule has 1 aromatic heterocycles. The van der Waals surface area contributed by atoms with E-state index in [1.807, 2.05) is 0 Å². The lowest BCUT2D eigenvalue weighted by Gasteiger charge is -2.26. The van der Waals surface area contributed by atoms with E-state index in [4.69, 9.17) is 4.42 Å². The van der Waals surface area contributed by atoms with E-state index in [1.54, 1.807) is 0 Å². The second kappa shape index (κ2) is 13.2. The van der Waals surface area contributed by atoms with Crippen LogP contribution in [0.25, 0.3) is 87.6 Å². The van der Waals surface area contributed by atoms with Gasteiger partial charge in [-0.05, 0) is 121 Å². The van der Waals surface area contributed by atoms with E-state index >= 15 is 0 Å². The molecule has 2 heteroatoms. The Labute approximate surface area is 325 Å². The van der Waals surface area contributed by atoms with E-state index in [9.17, 15) is 0 Å². The first-order valence-corrected chi connectivity index (χ1v) is 19.2. The minimum atomic E-state index is 0.881. The molecular formula is C54H35NO. The van der Waals surface area contributed by atoms with Gasteiger partial charge in [-0.3, -0.25) is 0 Å². The Morgan fingerprint density at radius 1 is 0.286 bits per heavy atom. The molecule has 262 valence electrons. The van der Waals surface area contributed by atoms with Crippen LogP contribution in [-0.4, -0.2) is 0 Å². The van der Waals surface area contributed by atoms with Gasteiger partial charge in [-0.2, -0.15) is 0 Å². The van der Waals surface area contributed by atoms with E-state index in [0.29, 0.717) is 0 Å². The molecule has 0 saturated carbocycles. The first-order valence-electron chi connectivity index (χ1n) is 19.2. The molecule has 0 N–H and O–H groups in total. The summed E-state index contributed by atoms with van der Waals surface area (Å²) >= 11 is 0. The number of fused-ring (bicyclic) bond motifs is 8. The SMILES string of the molecule is c1ccc(-c2ccc(N(c3cccc(-c4cccc(-c5cc6ccccc6c6ccccc56)c4)c3)c3ccc4oc5c6ccccc6ccc5c4c3)cc2)cc1. The Hall–Kier alpha value is -7.42. The predicted octanol–water partition coefficient (Wildman–Crippen LogP) is 15.5. The number of hydrogen-bond acceptors (Lipinski definition) is 2. The summed E-state index contributed by atoms with van der Waals surface area (Å²) in [7, 11) is 0. The fourth-order valence-electron chi connectivity index (χ4n) is 8.50. The quantitative estimate of drug-likeness (QED) is 0.160. The summed E-state index contributed by atoms with van der Waals surface area (Å²) in [4.78, 5) is 2.36. The summed E-state index contributed by atoms with van der Waals surface area (Å²) in [5.41, 5.74) is 12.2. The van der Waals surface area contributed by atoms with Crippen molar-refractivity contribution in [1.82, 2.24) is 0 Å². The van der Waals surface area contributed by atoms with Crippen LogP contribution in [0.3, 0.4) is 0 Å². The maximum atomic E-state index is 6.53. The largest absolute Gasteiger partial charge is 0.455 e. The van der Waals surface area contributed by atoms with Crippen molar-refractivity contribution < 1.29 is 4.42 Å². The molecule has 0 aliphatic rings. The average molecular weight is 714 g/mol. The van der Waals surface area contributed by atoms with E-state index in [1.165, 1.54) is 54.7 Å². The maximum absolute atomic E-state index is 6.53. The molecule has 56 heavy (non-hydrogen) atoms. The molecular weight excluding hydrogens is 679 g/mol. The van der Waals surface area contributed by atoms with Gasteiger partial charge in [-0.15, -0.1) is 0 Å². The van der Waals surface area contributed by atoms with E-state index in [0.717, 1.165) is 50.0 Å². The van der Waals surface area contributed by atoms with Gasteiger partial charge >= 0.3 is 0 Å². The molecule has 0 bridgehead atoms. The monoisotopic (exact) mass is 713 g/mol. The highest BCUT2D eigenvalue weighted by atomic mass is 16.3. The number of hydrogen-bond donors (Lipinski definition) is 0. The number of furan rings is 1. The number of rotatable bonds is 6. The Bertz CT molecular complexity index is 3250. The van der Waals surface area contributed by atoms with Crippen molar-refractivity contribution >= 4 is 71.3 Å². The van der Waals surface area contributed by atoms with Crippen molar-refractivity contribution in [3.63, 3.8) is 0 Å². The molecule has 11 rings (SSSR count). The zero-order valence-electron chi connectivity index (χ0n) is 30.6. The lowest BCUT2D eigenvalue weighted by molar-refractivity contribution is 0.672. The van der Waals surface area contributed by atoms with Crippen molar-refractivity contribution in [1.29, 1.82) is 0 Å². The topological polar surface area (TPSA) is 16.4 Å². The van der Waals surface area contributed by atoms with Crippen molar-refractivity contribution in [3.05, 3.63) is 212 Å². The molecule has 11 aromatic rings. The van der Waals surface area contributed by atoms with Crippen LogP contribution in [0.4, 0.5) is 17.1 Å². The molecule has 2 nitrogen and oxygen atoms in total. The van der Waals surface area contributed by atoms with Crippen LogP contribution in [0.5, 0.6) is 0 Å². The Morgan fingerprint density at radius 3 is 1.73 bits per heavy atom. The molecule has 0 saturated heterocycles. The molecule has 0 fully saturated rings. The van der Waals surface area contributed by atoms with Gasteiger partial charge in [0, 0.05) is 33.2 Å². The molecule has 0 spiro atoms. The summed E-state index contributed by atoms with van der Waals surface area (Å²) in [5, 5.41) is 9.58. The average Bonchev–Trinajstić information content (AvgIpc) is 3.66. The zero-order chi connectivity index (χ0) is 37.0. The minimum absolute atomic E-state index is 0.881. The highest BCUT2D eigenvalue weighted by Crippen LogP contribution is 2.42. The van der Waals surface area contributed by atoms with Crippen LogP contribution in [0.1, 0.15) is 0 Å². The van der Waals surface area contributed by atoms with Gasteiger partial charge in [-0.1, -0.05) is 152 Å². The van der Waals surface area contributed by atoms with E-state index < -0.39 is 0 Å². The summed E-state index contributed by atoms with van der Waals surface area (Å²) in [6.07, 6.45) is 0. The van der Waals surface area contributed by atoms with Crippen LogP contribution in [-0.2, 0) is 0 Å². The molecule has 10 aromatic carbocycles. The summed E-state index contributed by atoms with van der Waals surface area (Å²) in [6, 6.07) is 76.5. The Kier molecular flexibility index (Phi) is 7.53. The summed E-state index contributed by atoms with van der Waals surface area (Å²) < 4.78 is 6.53. The van der Waals surface area contributed by atoms with Gasteiger partial charge in [0.2, 0.25) is 0 Å². The standard InChI is InChI=1S/C54H35NO/c1-2-12-36(13-3-1)37-24-27-43(28-25-37)55(45-29-31-53-52(35-45)50-30-26-38-14-4-7-21-47(38)54(50)56-53)44-19-11-17-40(33-44)39-16-10-18-41(32-39)51-34-42-15-5-6-20-46(42)48-22-8-9-23-49(48)51/h1-35H. The first-order chi connectivity index (χ1) is 27.7. The first kappa shape index (κ1) is 32.0. The number of benzene rings is 10. The normalized spacial score (nSPS) is 11.6. The summed E-state index contributed by atoms with van der Waals surface area (Å²) in [6.45, 7) is 0. The molecule has 0 unspecified atom stereocenters. The molecule has 1 heterocycles. The third-order valence-corrected chi connectivity index (χ3v) is 11.2. The van der Waals surface area contributed by atoms with Crippen LogP contribution in [0.15, 0.2) is 217 Å². The lowest BCUT2D eigenvalue weighted by atomic mass is 9.92. The summed E-state index contributed by atoms with van der Waals surface area (Å²) in [5.74, 6) is 0. The number of nitrogens with zero attached hydrogens (tertiary/aromatic N) is 1. The second-order valence-electron chi connectivity index (χ2n) is 14.5. The third-order valence-electron chi connectivity index (χ3n) is 11.2. The fourth-order valence-corrected chi connectivity index (χ4v) is 8.50. The fraction of sp³-hybridized carbons (Fsp3) is 0. The van der Waals surface area contributed by atoms with Crippen LogP contribution in [0, 0.1) is 0 Å². The van der Waals surface area contributed by atoms with Crippen LogP contribution in [0.2, 0.25) is 0 Å². The van der Waals surface area contributed by atoms with Crippen LogP contribution >= 0.6 is 0 Å². The van der Waals surface area contributed by atoms with Crippen LogP contribution < -0.4 is 4.90 Å². The van der Waals surface area contributed by atoms with Gasteiger partial charge in [0.1, 0.15) is 11.2 Å². The lowest BCUT2D eigenvalue weighted by Crippen LogP contribution is -2.10. The second-order valence-corrected chi connectivity index (χ2v) is 14.5. The van der Waals surface area contributed by atoms with E-state index in [2.05, 4.69) is 217 Å². The predicted molar refractivity (Wildman–Crippen MR) is 237 cm³/mol. The van der Waals surface area contributed by atoms with Gasteiger partial charge in [-0.25, -0.2) is 0 Å². The van der Waals surface area contributed by atoms with Crippen molar-refractivity contribution in [2.45, 2.75) is 0 Å². The van der Waals surface area contributed by atoms with Gasteiger partial charge < -0.3 is 9.32 Å². The number of anilines is 3. The van der Waals surface area contributed by atoms with Crippen molar-refractivity contribution in [3.8, 4) is 33.4 Å². The van der Waals surface area contributed by atoms with Crippen molar-refractivity contribution in [2.75, 3.05) is 4.90 Å². The molecule has 0 aliphatic carbocycles. The van der Waals surface area contributed by atoms with Gasteiger partial charge in [0.15, 0.2) is 0 Å². The minimum Gasteiger partial charge on any atom is -0.455 e. The highest BCUT2D eigenvalue weighted by molar-refractivity contribution is 6.16. The third kappa shape index (κ3) is 5.42. The Balaban J connectivity index is 1.05. The van der Waals surface area contributed by atoms with Crippen molar-refractivity contribution in [2.24, 2.45) is 0 Å². The van der Waals surface area contributed by atoms with Gasteiger partial charge in [0.25, 0.3) is 0 Å². The molecule has 0 amide bonds. The Morgan fingerprint density at radius 2 is 0.893 bits per heavy atom. The molecule has 0 radical (unpaired) electrons. The maximum Gasteiger partial charge on any atom is 0.143 e. The van der Waals surface area contributed by atoms with E-state index in [-0.39, 0.29) is 0 Å². The van der Waals surface area contributed by atoms with Gasteiger partial charge in [0.05, 0.1) is 0 Å².